The number of nitrogens with zero attached hydrogens (tertiary/aromatic N) is 1. The summed E-state index contributed by atoms with van der Waals surface area (Å²) in [4.78, 5) is 32.2. The molecule has 1 aromatic carbocycles. The summed E-state index contributed by atoms with van der Waals surface area (Å²) in [5, 5.41) is 10.4. The van der Waals surface area contributed by atoms with Gasteiger partial charge in [0, 0.05) is 18.6 Å². The van der Waals surface area contributed by atoms with Gasteiger partial charge in [-0.15, -0.1) is 0 Å². The number of Topliss-reactive ketones (excluding diaryl/α,β-unsaturated/α-hetero) is 1. The average molecular weight is 237 g/mol. The number of nitro benzene ring substituents is 1. The number of ether oxygens (including phenoxy) is 1. The highest BCUT2D eigenvalue weighted by molar-refractivity contribution is 6.34. The van der Waals surface area contributed by atoms with E-state index in [1.54, 1.807) is 6.92 Å². The summed E-state index contributed by atoms with van der Waals surface area (Å²) in [5.74, 6) is -1.55. The van der Waals surface area contributed by atoms with Crippen molar-refractivity contribution in [3.63, 3.8) is 0 Å². The van der Waals surface area contributed by atoms with Gasteiger partial charge < -0.3 is 4.74 Å². The second kappa shape index (κ2) is 5.74. The van der Waals surface area contributed by atoms with Gasteiger partial charge in [-0.05, 0) is 12.5 Å². The van der Waals surface area contributed by atoms with Crippen LogP contribution < -0.4 is 0 Å². The SMILES string of the molecule is CCOC(=O)C(=O)Cc1ccc([N+](=O)[O-])cc1. The zero-order valence-electron chi connectivity index (χ0n) is 9.21. The highest BCUT2D eigenvalue weighted by atomic mass is 16.6. The van der Waals surface area contributed by atoms with Crippen LogP contribution in [0.5, 0.6) is 0 Å². The Hall–Kier alpha value is -2.24. The number of benzene rings is 1. The van der Waals surface area contributed by atoms with Crippen molar-refractivity contribution < 1.29 is 19.2 Å². The normalized spacial score (nSPS) is 9.71. The van der Waals surface area contributed by atoms with E-state index in [2.05, 4.69) is 4.74 Å². The lowest BCUT2D eigenvalue weighted by Gasteiger charge is -2.01. The topological polar surface area (TPSA) is 86.5 Å². The molecule has 1 aromatic rings. The van der Waals surface area contributed by atoms with E-state index >= 15 is 0 Å². The molecule has 0 fully saturated rings. The van der Waals surface area contributed by atoms with Crippen molar-refractivity contribution in [2.75, 3.05) is 6.61 Å². The molecule has 0 amide bonds. The Morgan fingerprint density at radius 1 is 1.29 bits per heavy atom. The highest BCUT2D eigenvalue weighted by Crippen LogP contribution is 2.12. The molecule has 0 aliphatic heterocycles. The molecule has 0 atom stereocenters. The molecule has 17 heavy (non-hydrogen) atoms. The molecule has 0 radical (unpaired) electrons. The molecule has 0 aliphatic rings. The molecule has 0 aliphatic carbocycles. The van der Waals surface area contributed by atoms with Gasteiger partial charge in [0.2, 0.25) is 5.78 Å². The van der Waals surface area contributed by atoms with E-state index in [1.165, 1.54) is 24.3 Å². The molecule has 0 spiro atoms. The van der Waals surface area contributed by atoms with Crippen LogP contribution in [0.1, 0.15) is 12.5 Å². The summed E-state index contributed by atoms with van der Waals surface area (Å²) in [6.45, 7) is 1.75. The van der Waals surface area contributed by atoms with Crippen LogP contribution in [0.25, 0.3) is 0 Å². The molecule has 90 valence electrons. The van der Waals surface area contributed by atoms with Crippen molar-refractivity contribution in [3.05, 3.63) is 39.9 Å². The fourth-order valence-electron chi connectivity index (χ4n) is 1.20. The molecule has 0 aromatic heterocycles. The molecule has 0 saturated heterocycles. The van der Waals surface area contributed by atoms with Gasteiger partial charge in [0.1, 0.15) is 0 Å². The highest BCUT2D eigenvalue weighted by Gasteiger charge is 2.15. The van der Waals surface area contributed by atoms with Crippen molar-refractivity contribution >= 4 is 17.4 Å². The van der Waals surface area contributed by atoms with E-state index in [-0.39, 0.29) is 18.7 Å². The van der Waals surface area contributed by atoms with Crippen molar-refractivity contribution in [2.24, 2.45) is 0 Å². The van der Waals surface area contributed by atoms with Crippen LogP contribution in [-0.4, -0.2) is 23.3 Å². The molecule has 6 nitrogen and oxygen atoms in total. The van der Waals surface area contributed by atoms with Gasteiger partial charge in [0.15, 0.2) is 0 Å². The van der Waals surface area contributed by atoms with Gasteiger partial charge in [-0.3, -0.25) is 14.9 Å². The minimum Gasteiger partial charge on any atom is -0.460 e. The van der Waals surface area contributed by atoms with E-state index in [0.29, 0.717) is 5.56 Å². The fraction of sp³-hybridized carbons (Fsp3) is 0.273. The van der Waals surface area contributed by atoms with Gasteiger partial charge in [0.25, 0.3) is 5.69 Å². The second-order valence-electron chi connectivity index (χ2n) is 3.24. The first-order valence-electron chi connectivity index (χ1n) is 4.98. The quantitative estimate of drug-likeness (QED) is 0.333. The summed E-state index contributed by atoms with van der Waals surface area (Å²) in [5.41, 5.74) is 0.478. The third kappa shape index (κ3) is 3.67. The van der Waals surface area contributed by atoms with Crippen LogP contribution in [0.4, 0.5) is 5.69 Å². The van der Waals surface area contributed by atoms with E-state index < -0.39 is 16.7 Å². The van der Waals surface area contributed by atoms with Crippen LogP contribution in [0.2, 0.25) is 0 Å². The third-order valence-corrected chi connectivity index (χ3v) is 2.01. The van der Waals surface area contributed by atoms with Gasteiger partial charge in [-0.2, -0.15) is 0 Å². The van der Waals surface area contributed by atoms with Gasteiger partial charge in [-0.1, -0.05) is 12.1 Å². The standard InChI is InChI=1S/C11H11NO5/c1-2-17-11(14)10(13)7-8-3-5-9(6-4-8)12(15)16/h3-6H,2,7H2,1H3. The molecule has 1 rings (SSSR count). The predicted molar refractivity (Wildman–Crippen MR) is 58.4 cm³/mol. The Kier molecular flexibility index (Phi) is 4.33. The van der Waals surface area contributed by atoms with Crippen molar-refractivity contribution in [3.8, 4) is 0 Å². The number of ketones is 1. The molecular weight excluding hydrogens is 226 g/mol. The Balaban J connectivity index is 2.66. The van der Waals surface area contributed by atoms with Gasteiger partial charge in [0.05, 0.1) is 11.5 Å². The van der Waals surface area contributed by atoms with Crippen LogP contribution in [0.3, 0.4) is 0 Å². The van der Waals surface area contributed by atoms with Gasteiger partial charge in [-0.25, -0.2) is 4.79 Å². The van der Waals surface area contributed by atoms with Crippen LogP contribution in [0.15, 0.2) is 24.3 Å². The molecular formula is C11H11NO5. The zero-order chi connectivity index (χ0) is 12.8. The van der Waals surface area contributed by atoms with E-state index in [1.807, 2.05) is 0 Å². The molecule has 0 N–H and O–H groups in total. The first-order chi connectivity index (χ1) is 8.04. The van der Waals surface area contributed by atoms with E-state index in [9.17, 15) is 19.7 Å². The number of hydrogen-bond acceptors (Lipinski definition) is 5. The Morgan fingerprint density at radius 3 is 2.35 bits per heavy atom. The van der Waals surface area contributed by atoms with E-state index in [0.717, 1.165) is 0 Å². The Labute approximate surface area is 97.3 Å². The summed E-state index contributed by atoms with van der Waals surface area (Å²) in [6.07, 6.45) is -0.114. The molecule has 6 heteroatoms. The minimum atomic E-state index is -0.883. The lowest BCUT2D eigenvalue weighted by Crippen LogP contribution is -2.19. The minimum absolute atomic E-state index is 0.0580. The average Bonchev–Trinajstić information content (AvgIpc) is 2.30. The van der Waals surface area contributed by atoms with Crippen LogP contribution in [-0.2, 0) is 20.7 Å². The van der Waals surface area contributed by atoms with E-state index in [4.69, 9.17) is 0 Å². The lowest BCUT2D eigenvalue weighted by atomic mass is 10.1. The maximum absolute atomic E-state index is 11.3. The number of nitro groups is 1. The number of rotatable bonds is 5. The lowest BCUT2D eigenvalue weighted by molar-refractivity contribution is -0.384. The molecule has 0 bridgehead atoms. The number of esters is 1. The maximum atomic E-state index is 11.3. The molecule has 0 unspecified atom stereocenters. The second-order valence-corrected chi connectivity index (χ2v) is 3.24. The first kappa shape index (κ1) is 12.8. The number of non-ortho nitro benzene ring substituents is 1. The summed E-state index contributed by atoms with van der Waals surface area (Å²) < 4.78 is 4.54. The maximum Gasteiger partial charge on any atom is 0.374 e. The largest absolute Gasteiger partial charge is 0.460 e. The summed E-state index contributed by atoms with van der Waals surface area (Å²) in [6, 6.07) is 5.45. The third-order valence-electron chi connectivity index (χ3n) is 2.01. The van der Waals surface area contributed by atoms with Crippen LogP contribution in [0, 0.1) is 10.1 Å². The Morgan fingerprint density at radius 2 is 1.88 bits per heavy atom. The summed E-state index contributed by atoms with van der Waals surface area (Å²) >= 11 is 0. The smallest absolute Gasteiger partial charge is 0.374 e. The summed E-state index contributed by atoms with van der Waals surface area (Å²) in [7, 11) is 0. The van der Waals surface area contributed by atoms with Gasteiger partial charge >= 0.3 is 5.97 Å². The number of carbonyl (C=O) groups is 2. The molecule has 0 saturated carbocycles. The fourth-order valence-corrected chi connectivity index (χ4v) is 1.20. The monoisotopic (exact) mass is 237 g/mol. The van der Waals surface area contributed by atoms with Crippen molar-refractivity contribution in [2.45, 2.75) is 13.3 Å². The first-order valence-corrected chi connectivity index (χ1v) is 4.98. The van der Waals surface area contributed by atoms with Crippen molar-refractivity contribution in [1.82, 2.24) is 0 Å². The number of hydrogen-bond donors (Lipinski definition) is 0. The molecule has 0 heterocycles. The zero-order valence-corrected chi connectivity index (χ0v) is 9.21. The van der Waals surface area contributed by atoms with Crippen LogP contribution >= 0.6 is 0 Å². The van der Waals surface area contributed by atoms with Crippen molar-refractivity contribution in [1.29, 1.82) is 0 Å². The Bertz CT molecular complexity index is 438. The predicted octanol–water partition coefficient (Wildman–Crippen LogP) is 1.27. The number of carbonyl (C=O) groups excluding carboxylic acids is 2.